The first-order valence-electron chi connectivity index (χ1n) is 8.72. The summed E-state index contributed by atoms with van der Waals surface area (Å²) in [5.41, 5.74) is 3.19. The van der Waals surface area contributed by atoms with Crippen LogP contribution in [0.4, 0.5) is 5.69 Å². The molecule has 28 heavy (non-hydrogen) atoms. The molecule has 4 rings (SSSR count). The van der Waals surface area contributed by atoms with Crippen LogP contribution in [-0.2, 0) is 23.0 Å². The summed E-state index contributed by atoms with van der Waals surface area (Å²) in [7, 11) is -3.55. The third-order valence-corrected chi connectivity index (χ3v) is 7.37. The first-order chi connectivity index (χ1) is 13.4. The molecule has 1 aliphatic heterocycles. The molecule has 144 valence electrons. The predicted molar refractivity (Wildman–Crippen MR) is 107 cm³/mol. The number of fused-ring (bicyclic) bond motifs is 1. The lowest BCUT2D eigenvalue weighted by molar-refractivity contribution is 0.103. The van der Waals surface area contributed by atoms with Crippen LogP contribution < -0.4 is 5.32 Å². The number of hydrogen-bond donors (Lipinski definition) is 1. The van der Waals surface area contributed by atoms with E-state index in [1.165, 1.54) is 4.31 Å². The summed E-state index contributed by atoms with van der Waals surface area (Å²) in [6.45, 7) is 2.44. The van der Waals surface area contributed by atoms with E-state index < -0.39 is 10.0 Å². The molecule has 0 aliphatic carbocycles. The number of hydrogen-bond acceptors (Lipinski definition) is 6. The Bertz CT molecular complexity index is 1130. The van der Waals surface area contributed by atoms with Gasteiger partial charge in [-0.15, -0.1) is 5.10 Å². The van der Waals surface area contributed by atoms with E-state index in [0.29, 0.717) is 29.2 Å². The second-order valence-electron chi connectivity index (χ2n) is 6.53. The van der Waals surface area contributed by atoms with Crippen LogP contribution >= 0.6 is 11.5 Å². The van der Waals surface area contributed by atoms with Gasteiger partial charge in [0.25, 0.3) is 5.91 Å². The molecule has 2 heterocycles. The largest absolute Gasteiger partial charge is 0.321 e. The molecule has 1 aliphatic rings. The molecule has 1 N–H and O–H groups in total. The third kappa shape index (κ3) is 3.56. The number of benzene rings is 2. The van der Waals surface area contributed by atoms with Crippen LogP contribution in [0.5, 0.6) is 0 Å². The molecule has 3 aromatic rings. The molecule has 2 aromatic carbocycles. The van der Waals surface area contributed by atoms with Crippen molar-refractivity contribution < 1.29 is 13.2 Å². The maximum absolute atomic E-state index is 12.9. The highest BCUT2D eigenvalue weighted by Crippen LogP contribution is 2.27. The van der Waals surface area contributed by atoms with Crippen LogP contribution in [-0.4, -0.2) is 34.8 Å². The standard InChI is InChI=1S/C19H18N4O3S2/c1-13-18(27-22-21-13)19(24)20-16-8-7-14-9-10-23(12-15(14)11-16)28(25,26)17-5-3-2-4-6-17/h2-8,11H,9-10,12H2,1H3,(H,20,24). The van der Waals surface area contributed by atoms with Crippen LogP contribution in [0.3, 0.4) is 0 Å². The fraction of sp³-hybridized carbons (Fsp3) is 0.211. The maximum atomic E-state index is 12.9. The lowest BCUT2D eigenvalue weighted by Crippen LogP contribution is -2.36. The van der Waals surface area contributed by atoms with E-state index >= 15 is 0 Å². The highest BCUT2D eigenvalue weighted by Gasteiger charge is 2.28. The number of nitrogens with one attached hydrogen (secondary N) is 1. The molecule has 1 aromatic heterocycles. The van der Waals surface area contributed by atoms with Crippen LogP contribution in [0.1, 0.15) is 26.5 Å². The molecular weight excluding hydrogens is 396 g/mol. The van der Waals surface area contributed by atoms with Gasteiger partial charge in [-0.3, -0.25) is 4.79 Å². The van der Waals surface area contributed by atoms with Crippen molar-refractivity contribution in [2.45, 2.75) is 24.8 Å². The first-order valence-corrected chi connectivity index (χ1v) is 10.9. The van der Waals surface area contributed by atoms with Crippen LogP contribution in [0.25, 0.3) is 0 Å². The van der Waals surface area contributed by atoms with Crippen molar-refractivity contribution in [2.24, 2.45) is 0 Å². The van der Waals surface area contributed by atoms with E-state index in [-0.39, 0.29) is 17.3 Å². The van der Waals surface area contributed by atoms with E-state index in [9.17, 15) is 13.2 Å². The summed E-state index contributed by atoms with van der Waals surface area (Å²) in [6, 6.07) is 14.0. The average Bonchev–Trinajstić information content (AvgIpc) is 3.14. The summed E-state index contributed by atoms with van der Waals surface area (Å²) < 4.78 is 31.1. The van der Waals surface area contributed by atoms with Crippen molar-refractivity contribution in [1.82, 2.24) is 13.9 Å². The fourth-order valence-corrected chi connectivity index (χ4v) is 5.17. The van der Waals surface area contributed by atoms with Crippen molar-refractivity contribution in [2.75, 3.05) is 11.9 Å². The number of carbonyl (C=O) groups is 1. The zero-order chi connectivity index (χ0) is 19.7. The molecule has 0 fully saturated rings. The minimum atomic E-state index is -3.55. The Kier molecular flexibility index (Phi) is 4.96. The summed E-state index contributed by atoms with van der Waals surface area (Å²) in [5.74, 6) is -0.267. The number of carbonyl (C=O) groups excluding carboxylic acids is 1. The first kappa shape index (κ1) is 18.7. The summed E-state index contributed by atoms with van der Waals surface area (Å²) >= 11 is 1.05. The zero-order valence-corrected chi connectivity index (χ0v) is 16.8. The van der Waals surface area contributed by atoms with Gasteiger partial charge < -0.3 is 5.32 Å². The lowest BCUT2D eigenvalue weighted by atomic mass is 10.0. The molecular formula is C19H18N4O3S2. The predicted octanol–water partition coefficient (Wildman–Crippen LogP) is 2.85. The van der Waals surface area contributed by atoms with Gasteiger partial charge in [0.1, 0.15) is 4.88 Å². The molecule has 0 spiro atoms. The van der Waals surface area contributed by atoms with Gasteiger partial charge in [-0.1, -0.05) is 28.8 Å². The van der Waals surface area contributed by atoms with Gasteiger partial charge in [0.2, 0.25) is 10.0 Å². The number of rotatable bonds is 4. The van der Waals surface area contributed by atoms with Crippen LogP contribution in [0.2, 0.25) is 0 Å². The fourth-order valence-electron chi connectivity index (χ4n) is 3.18. The van der Waals surface area contributed by atoms with Gasteiger partial charge in [-0.2, -0.15) is 4.31 Å². The Morgan fingerprint density at radius 1 is 1.14 bits per heavy atom. The van der Waals surface area contributed by atoms with E-state index in [1.54, 1.807) is 37.3 Å². The highest BCUT2D eigenvalue weighted by molar-refractivity contribution is 7.89. The molecule has 0 radical (unpaired) electrons. The van der Waals surface area contributed by atoms with Crippen molar-refractivity contribution >= 4 is 33.2 Å². The van der Waals surface area contributed by atoms with Gasteiger partial charge in [-0.05, 0) is 60.3 Å². The Morgan fingerprint density at radius 3 is 2.64 bits per heavy atom. The normalized spacial score (nSPS) is 14.5. The Balaban J connectivity index is 1.56. The van der Waals surface area contributed by atoms with Gasteiger partial charge in [0.05, 0.1) is 10.6 Å². The smallest absolute Gasteiger partial charge is 0.269 e. The molecule has 0 saturated carbocycles. The lowest BCUT2D eigenvalue weighted by Gasteiger charge is -2.28. The SMILES string of the molecule is Cc1nnsc1C(=O)Nc1ccc2c(c1)CN(S(=O)(=O)c1ccccc1)CC2. The molecule has 9 heteroatoms. The number of aryl methyl sites for hydroxylation is 1. The molecule has 7 nitrogen and oxygen atoms in total. The summed E-state index contributed by atoms with van der Waals surface area (Å²) in [6.07, 6.45) is 0.632. The Morgan fingerprint density at radius 2 is 1.93 bits per heavy atom. The van der Waals surface area contributed by atoms with Crippen LogP contribution in [0.15, 0.2) is 53.4 Å². The monoisotopic (exact) mass is 414 g/mol. The van der Waals surface area contributed by atoms with Gasteiger partial charge >= 0.3 is 0 Å². The van der Waals surface area contributed by atoms with E-state index in [2.05, 4.69) is 14.9 Å². The molecule has 0 unspecified atom stereocenters. The zero-order valence-electron chi connectivity index (χ0n) is 15.1. The Hall–Kier alpha value is -2.62. The van der Waals surface area contributed by atoms with Gasteiger partial charge in [-0.25, -0.2) is 8.42 Å². The van der Waals surface area contributed by atoms with Crippen LogP contribution in [0, 0.1) is 6.92 Å². The third-order valence-electron chi connectivity index (χ3n) is 4.68. The number of anilines is 1. The second-order valence-corrected chi connectivity index (χ2v) is 9.22. The van der Waals surface area contributed by atoms with E-state index in [1.807, 2.05) is 18.2 Å². The average molecular weight is 415 g/mol. The molecule has 0 atom stereocenters. The van der Waals surface area contributed by atoms with Crippen molar-refractivity contribution in [3.63, 3.8) is 0 Å². The quantitative estimate of drug-likeness (QED) is 0.709. The molecule has 0 saturated heterocycles. The minimum Gasteiger partial charge on any atom is -0.321 e. The van der Waals surface area contributed by atoms with E-state index in [0.717, 1.165) is 22.7 Å². The van der Waals surface area contributed by atoms with Gasteiger partial charge in [0, 0.05) is 18.8 Å². The molecule has 1 amide bonds. The number of sulfonamides is 1. The summed E-state index contributed by atoms with van der Waals surface area (Å²) in [5, 5.41) is 6.69. The van der Waals surface area contributed by atoms with Crippen molar-refractivity contribution in [3.8, 4) is 0 Å². The van der Waals surface area contributed by atoms with Crippen molar-refractivity contribution in [1.29, 1.82) is 0 Å². The van der Waals surface area contributed by atoms with Gasteiger partial charge in [0.15, 0.2) is 0 Å². The highest BCUT2D eigenvalue weighted by atomic mass is 32.2. The minimum absolute atomic E-state index is 0.267. The molecule has 0 bridgehead atoms. The number of aromatic nitrogens is 2. The van der Waals surface area contributed by atoms with Crippen molar-refractivity contribution in [3.05, 3.63) is 70.2 Å². The Labute approximate surface area is 167 Å². The second kappa shape index (κ2) is 7.42. The maximum Gasteiger partial charge on any atom is 0.269 e. The topological polar surface area (TPSA) is 92.3 Å². The van der Waals surface area contributed by atoms with E-state index in [4.69, 9.17) is 0 Å². The number of amides is 1. The summed E-state index contributed by atoms with van der Waals surface area (Å²) in [4.78, 5) is 13.1. The number of nitrogens with zero attached hydrogens (tertiary/aromatic N) is 3.